The molecule has 9 heavy (non-hydrogen) atoms. The van der Waals surface area contributed by atoms with E-state index in [-0.39, 0.29) is 6.61 Å². The molecule has 0 radical (unpaired) electrons. The van der Waals surface area contributed by atoms with E-state index in [1.807, 2.05) is 0 Å². The van der Waals surface area contributed by atoms with Crippen molar-refractivity contribution >= 4 is 0 Å². The van der Waals surface area contributed by atoms with Crippen molar-refractivity contribution in [3.63, 3.8) is 0 Å². The lowest BCUT2D eigenvalue weighted by Crippen LogP contribution is -2.41. The average molecular weight is 136 g/mol. The Morgan fingerprint density at radius 3 is 1.89 bits per heavy atom. The number of hydrogen-bond acceptors (Lipinski definition) is 4. The van der Waals surface area contributed by atoms with Gasteiger partial charge >= 0.3 is 0 Å². The van der Waals surface area contributed by atoms with Gasteiger partial charge in [0.1, 0.15) is 0 Å². The Balaban J connectivity index is 3.80. The molecule has 0 aromatic carbocycles. The Labute approximate surface area is 53.4 Å². The molecule has 0 saturated heterocycles. The molecule has 0 saturated carbocycles. The van der Waals surface area contributed by atoms with E-state index in [9.17, 15) is 0 Å². The minimum absolute atomic E-state index is 0.354. The Kier molecular flexibility index (Phi) is 3.07. The number of hydrogen-bond donors (Lipinski definition) is 4. The van der Waals surface area contributed by atoms with Gasteiger partial charge < -0.3 is 20.4 Å². The number of rotatable bonds is 3. The maximum absolute atomic E-state index is 8.74. The molecule has 0 heterocycles. The summed E-state index contributed by atoms with van der Waals surface area (Å²) in [7, 11) is 0. The molecule has 0 bridgehead atoms. The quantitative estimate of drug-likeness (QED) is 0.348. The Bertz CT molecular complexity index is 81.0. The molecule has 0 aliphatic carbocycles. The number of aliphatic hydroxyl groups excluding tert-OH is 2. The van der Waals surface area contributed by atoms with Gasteiger partial charge in [-0.1, -0.05) is 6.92 Å². The van der Waals surface area contributed by atoms with Gasteiger partial charge in [-0.25, -0.2) is 0 Å². The monoisotopic (exact) mass is 136 g/mol. The molecule has 0 fully saturated rings. The van der Waals surface area contributed by atoms with Gasteiger partial charge in [-0.2, -0.15) is 0 Å². The van der Waals surface area contributed by atoms with Crippen LogP contribution < -0.4 is 0 Å². The molecule has 4 nitrogen and oxygen atoms in total. The van der Waals surface area contributed by atoms with E-state index in [2.05, 4.69) is 0 Å². The van der Waals surface area contributed by atoms with Crippen LogP contribution in [-0.2, 0) is 0 Å². The SMILES string of the molecule is CC(CO)C(O)(O)CO. The maximum atomic E-state index is 8.74. The zero-order valence-electron chi connectivity index (χ0n) is 5.28. The third-order valence-electron chi connectivity index (χ3n) is 1.30. The van der Waals surface area contributed by atoms with E-state index in [0.717, 1.165) is 0 Å². The van der Waals surface area contributed by atoms with E-state index >= 15 is 0 Å². The van der Waals surface area contributed by atoms with Crippen LogP contribution in [0.25, 0.3) is 0 Å². The minimum atomic E-state index is -2.14. The van der Waals surface area contributed by atoms with Crippen molar-refractivity contribution in [3.05, 3.63) is 0 Å². The molecule has 1 atom stereocenters. The van der Waals surface area contributed by atoms with Gasteiger partial charge in [0, 0.05) is 5.92 Å². The zero-order valence-corrected chi connectivity index (χ0v) is 5.28. The molecule has 0 amide bonds. The van der Waals surface area contributed by atoms with Gasteiger partial charge in [0.2, 0.25) is 0 Å². The van der Waals surface area contributed by atoms with Gasteiger partial charge in [0.15, 0.2) is 5.79 Å². The molecule has 4 heteroatoms. The highest BCUT2D eigenvalue weighted by atomic mass is 16.5. The van der Waals surface area contributed by atoms with E-state index in [4.69, 9.17) is 20.4 Å². The van der Waals surface area contributed by atoms with Crippen LogP contribution in [0.3, 0.4) is 0 Å². The molecule has 0 rings (SSSR count). The second-order valence-electron chi connectivity index (χ2n) is 2.12. The zero-order chi connectivity index (χ0) is 7.49. The van der Waals surface area contributed by atoms with Crippen LogP contribution in [0.15, 0.2) is 0 Å². The fourth-order valence-corrected chi connectivity index (χ4v) is 0.302. The smallest absolute Gasteiger partial charge is 0.191 e. The summed E-state index contributed by atoms with van der Waals surface area (Å²) in [6.07, 6.45) is 0. The lowest BCUT2D eigenvalue weighted by Gasteiger charge is -2.24. The normalized spacial score (nSPS) is 15.7. The van der Waals surface area contributed by atoms with Crippen LogP contribution in [0.2, 0.25) is 0 Å². The van der Waals surface area contributed by atoms with Gasteiger partial charge in [0.05, 0.1) is 13.2 Å². The molecule has 56 valence electrons. The molecule has 0 aliphatic rings. The Hall–Kier alpha value is -0.160. The van der Waals surface area contributed by atoms with Crippen molar-refractivity contribution in [2.24, 2.45) is 5.92 Å². The van der Waals surface area contributed by atoms with E-state index in [1.165, 1.54) is 6.92 Å². The lowest BCUT2D eigenvalue weighted by molar-refractivity contribution is -0.224. The highest BCUT2D eigenvalue weighted by molar-refractivity contribution is 4.69. The molecule has 4 N–H and O–H groups in total. The highest BCUT2D eigenvalue weighted by Crippen LogP contribution is 2.11. The first-order valence-electron chi connectivity index (χ1n) is 2.71. The van der Waals surface area contributed by atoms with Crippen molar-refractivity contribution in [2.75, 3.05) is 13.2 Å². The van der Waals surface area contributed by atoms with Crippen molar-refractivity contribution in [1.82, 2.24) is 0 Å². The summed E-state index contributed by atoms with van der Waals surface area (Å²) in [6.45, 7) is 0.318. The summed E-state index contributed by atoms with van der Waals surface area (Å²) < 4.78 is 0. The van der Waals surface area contributed by atoms with Crippen LogP contribution in [0.1, 0.15) is 6.92 Å². The first-order chi connectivity index (χ1) is 4.04. The third-order valence-corrected chi connectivity index (χ3v) is 1.30. The van der Waals surface area contributed by atoms with E-state index in [1.54, 1.807) is 0 Å². The minimum Gasteiger partial charge on any atom is -0.396 e. The topological polar surface area (TPSA) is 80.9 Å². The van der Waals surface area contributed by atoms with Crippen molar-refractivity contribution in [3.8, 4) is 0 Å². The molecule has 0 aromatic heterocycles. The second-order valence-corrected chi connectivity index (χ2v) is 2.12. The molecule has 1 unspecified atom stereocenters. The second kappa shape index (κ2) is 3.12. The predicted molar refractivity (Wildman–Crippen MR) is 30.5 cm³/mol. The van der Waals surface area contributed by atoms with Crippen LogP contribution >= 0.6 is 0 Å². The van der Waals surface area contributed by atoms with Crippen molar-refractivity contribution in [1.29, 1.82) is 0 Å². The van der Waals surface area contributed by atoms with Crippen molar-refractivity contribution < 1.29 is 20.4 Å². The summed E-state index contributed by atoms with van der Waals surface area (Å²) >= 11 is 0. The van der Waals surface area contributed by atoms with E-state index in [0.29, 0.717) is 0 Å². The van der Waals surface area contributed by atoms with Crippen molar-refractivity contribution in [2.45, 2.75) is 12.7 Å². The third kappa shape index (κ3) is 2.28. The fourth-order valence-electron chi connectivity index (χ4n) is 0.302. The number of aliphatic hydroxyl groups is 4. The van der Waals surface area contributed by atoms with Gasteiger partial charge in [-0.3, -0.25) is 0 Å². The first-order valence-corrected chi connectivity index (χ1v) is 2.71. The summed E-state index contributed by atoms with van der Waals surface area (Å²) in [5.74, 6) is -2.86. The van der Waals surface area contributed by atoms with Gasteiger partial charge in [-0.15, -0.1) is 0 Å². The van der Waals surface area contributed by atoms with Crippen LogP contribution in [0, 0.1) is 5.92 Å². The molecule has 0 aromatic rings. The Morgan fingerprint density at radius 2 is 1.78 bits per heavy atom. The largest absolute Gasteiger partial charge is 0.396 e. The predicted octanol–water partition coefficient (Wildman–Crippen LogP) is -1.71. The first kappa shape index (κ1) is 8.84. The maximum Gasteiger partial charge on any atom is 0.191 e. The summed E-state index contributed by atoms with van der Waals surface area (Å²) in [6, 6.07) is 0. The standard InChI is InChI=1S/C5H12O4/c1-4(2-6)5(8,9)3-7/h4,6-9H,2-3H2,1H3. The average Bonchev–Trinajstić information content (AvgIpc) is 1.86. The summed E-state index contributed by atoms with van der Waals surface area (Å²) in [5.41, 5.74) is 0. The van der Waals surface area contributed by atoms with Crippen LogP contribution in [0.5, 0.6) is 0 Å². The van der Waals surface area contributed by atoms with Crippen LogP contribution in [0.4, 0.5) is 0 Å². The molecule has 0 spiro atoms. The van der Waals surface area contributed by atoms with Gasteiger partial charge in [0.25, 0.3) is 0 Å². The fraction of sp³-hybridized carbons (Fsp3) is 1.00. The van der Waals surface area contributed by atoms with Crippen LogP contribution in [-0.4, -0.2) is 39.4 Å². The lowest BCUT2D eigenvalue weighted by atomic mass is 10.0. The van der Waals surface area contributed by atoms with E-state index < -0.39 is 18.3 Å². The Morgan fingerprint density at radius 1 is 1.33 bits per heavy atom. The van der Waals surface area contributed by atoms with Gasteiger partial charge in [-0.05, 0) is 0 Å². The molecular formula is C5H12O4. The summed E-state index contributed by atoms with van der Waals surface area (Å²) in [4.78, 5) is 0. The highest BCUT2D eigenvalue weighted by Gasteiger charge is 2.28. The molecule has 0 aliphatic heterocycles. The molecular weight excluding hydrogens is 124 g/mol. The summed E-state index contributed by atoms with van der Waals surface area (Å²) in [5, 5.41) is 34.1.